The predicted molar refractivity (Wildman–Crippen MR) is 481 cm³/mol. The molecule has 640 valence electrons. The summed E-state index contributed by atoms with van der Waals surface area (Å²) in [6, 6.07) is 44.0. The molecule has 13 heterocycles. The number of benzene rings is 6. The molecule has 123 heavy (non-hydrogen) atoms. The third-order valence-electron chi connectivity index (χ3n) is 24.4. The Bertz CT molecular complexity index is 5340. The first-order valence-corrected chi connectivity index (χ1v) is 43.9. The van der Waals surface area contributed by atoms with E-state index >= 15 is 0 Å². The van der Waals surface area contributed by atoms with E-state index in [-0.39, 0.29) is 6.10 Å². The first-order chi connectivity index (χ1) is 60.7. The summed E-state index contributed by atoms with van der Waals surface area (Å²) in [5.41, 5.74) is 9.71. The maximum Gasteiger partial charge on any atom is 0.225 e. The molecule has 28 nitrogen and oxygen atoms in total. The molecule has 3 atom stereocenters. The second-order valence-electron chi connectivity index (χ2n) is 32.9. The Hall–Kier alpha value is -12.0. The molecule has 0 aliphatic carbocycles. The molecule has 0 spiro atoms. The summed E-state index contributed by atoms with van der Waals surface area (Å²) < 4.78 is 41.9. The molecule has 2 bridgehead atoms. The second kappa shape index (κ2) is 40.8. The van der Waals surface area contributed by atoms with Gasteiger partial charge in [0.2, 0.25) is 17.8 Å². The average Bonchev–Trinajstić information content (AvgIpc) is 1.73. The second-order valence-corrected chi connectivity index (χ2v) is 32.9. The SMILES string of the molecule is CCOc1cc2ncnc(N3CCN(c4ncc(Cc5ccccc5)cn4)CC3)c2cc1OCC1CCN(C)CC1.COc1cc2c(N3CCN(c4ncc(Cc5ccccc5)cn4)CC3)ncnc2cc1OCCCN1CCCCC1.COc1cc2ncnc(N3CC4CCC(C3)N4c3ncc(Cc4ccccc4)cn3)c2cc1OCC1CNCCO1. The van der Waals surface area contributed by atoms with Crippen molar-refractivity contribution in [2.75, 3.05) is 195 Å². The van der Waals surface area contributed by atoms with Gasteiger partial charge in [-0.2, -0.15) is 0 Å². The van der Waals surface area contributed by atoms with Crippen molar-refractivity contribution in [2.24, 2.45) is 5.92 Å². The fraction of sp³-hybridized carbons (Fsp3) is 0.432. The number of aromatic nitrogens is 12. The van der Waals surface area contributed by atoms with Gasteiger partial charge in [-0.15, -0.1) is 0 Å². The van der Waals surface area contributed by atoms with Crippen molar-refractivity contribution in [2.45, 2.75) is 95.7 Å². The van der Waals surface area contributed by atoms with Crippen molar-refractivity contribution in [1.29, 1.82) is 0 Å². The van der Waals surface area contributed by atoms with Gasteiger partial charge in [0.25, 0.3) is 0 Å². The zero-order valence-electron chi connectivity index (χ0n) is 71.3. The normalized spacial score (nSPS) is 18.4. The van der Waals surface area contributed by atoms with Gasteiger partial charge < -0.3 is 77.7 Å². The number of fused-ring (bicyclic) bond motifs is 5. The molecule has 7 aliphatic rings. The van der Waals surface area contributed by atoms with Crippen LogP contribution in [0.5, 0.6) is 34.5 Å². The highest BCUT2D eigenvalue weighted by Gasteiger charge is 2.42. The number of morpholine rings is 1. The topological polar surface area (TPSA) is 257 Å². The van der Waals surface area contributed by atoms with E-state index in [4.69, 9.17) is 53.1 Å². The number of methoxy groups -OCH3 is 2. The van der Waals surface area contributed by atoms with E-state index in [0.717, 1.165) is 251 Å². The summed E-state index contributed by atoms with van der Waals surface area (Å²) in [5, 5.41) is 6.27. The number of anilines is 6. The Morgan fingerprint density at radius 3 is 1.30 bits per heavy atom. The van der Waals surface area contributed by atoms with Crippen LogP contribution in [0.4, 0.5) is 35.3 Å². The van der Waals surface area contributed by atoms with Crippen LogP contribution in [0.1, 0.15) is 91.7 Å². The zero-order valence-corrected chi connectivity index (χ0v) is 71.3. The number of hydrogen-bond donors (Lipinski definition) is 1. The van der Waals surface area contributed by atoms with Gasteiger partial charge in [-0.25, -0.2) is 59.8 Å². The Kier molecular flexibility index (Phi) is 27.6. The fourth-order valence-corrected chi connectivity index (χ4v) is 17.7. The first-order valence-electron chi connectivity index (χ1n) is 43.9. The van der Waals surface area contributed by atoms with Crippen molar-refractivity contribution < 1.29 is 33.2 Å². The number of hydrogen-bond acceptors (Lipinski definition) is 28. The molecule has 7 aliphatic heterocycles. The molecule has 0 radical (unpaired) electrons. The van der Waals surface area contributed by atoms with E-state index < -0.39 is 0 Å². The number of likely N-dealkylation sites (tertiary alicyclic amines) is 2. The van der Waals surface area contributed by atoms with Crippen molar-refractivity contribution in [3.8, 4) is 34.5 Å². The van der Waals surface area contributed by atoms with Crippen molar-refractivity contribution in [3.63, 3.8) is 0 Å². The van der Waals surface area contributed by atoms with Gasteiger partial charge in [0.1, 0.15) is 49.1 Å². The third-order valence-corrected chi connectivity index (χ3v) is 24.4. The Morgan fingerprint density at radius 2 is 0.829 bits per heavy atom. The number of piperidine rings is 2. The lowest BCUT2D eigenvalue weighted by Crippen LogP contribution is -2.54. The van der Waals surface area contributed by atoms with Crippen molar-refractivity contribution >= 4 is 68.0 Å². The maximum atomic E-state index is 6.39. The van der Waals surface area contributed by atoms with Crippen LogP contribution in [0.15, 0.2) is 184 Å². The lowest BCUT2D eigenvalue weighted by molar-refractivity contribution is -0.000233. The van der Waals surface area contributed by atoms with Crippen LogP contribution in [0.3, 0.4) is 0 Å². The fourth-order valence-electron chi connectivity index (χ4n) is 17.7. The highest BCUT2D eigenvalue weighted by atomic mass is 16.5. The van der Waals surface area contributed by atoms with Crippen LogP contribution in [-0.4, -0.2) is 253 Å². The molecule has 12 aromatic rings. The van der Waals surface area contributed by atoms with Gasteiger partial charge >= 0.3 is 0 Å². The minimum atomic E-state index is 0.00831. The lowest BCUT2D eigenvalue weighted by atomic mass is 9.98. The molecule has 3 unspecified atom stereocenters. The summed E-state index contributed by atoms with van der Waals surface area (Å²) in [6.45, 7) is 20.7. The molecule has 6 aromatic heterocycles. The molecular formula is C95H113N21O7. The summed E-state index contributed by atoms with van der Waals surface area (Å²) >= 11 is 0. The summed E-state index contributed by atoms with van der Waals surface area (Å²) in [6.07, 6.45) is 28.7. The van der Waals surface area contributed by atoms with Gasteiger partial charge in [-0.3, -0.25) is 0 Å². The Morgan fingerprint density at radius 1 is 0.407 bits per heavy atom. The van der Waals surface area contributed by atoms with Crippen molar-refractivity contribution in [1.82, 2.24) is 74.9 Å². The average molecular weight is 1660 g/mol. The number of nitrogens with zero attached hydrogens (tertiary/aromatic N) is 20. The maximum absolute atomic E-state index is 6.39. The molecule has 28 heteroatoms. The van der Waals surface area contributed by atoms with E-state index in [1.54, 1.807) is 33.2 Å². The molecule has 19 rings (SSSR count). The first kappa shape index (κ1) is 83.3. The van der Waals surface area contributed by atoms with Crippen LogP contribution >= 0.6 is 0 Å². The van der Waals surface area contributed by atoms with Gasteiger partial charge in [0, 0.05) is 188 Å². The van der Waals surface area contributed by atoms with E-state index in [2.05, 4.69) is 170 Å². The smallest absolute Gasteiger partial charge is 0.225 e. The van der Waals surface area contributed by atoms with Crippen LogP contribution in [0, 0.1) is 5.92 Å². The quantitative estimate of drug-likeness (QED) is 0.0469. The molecule has 6 aromatic carbocycles. The van der Waals surface area contributed by atoms with Gasteiger partial charge in [0.15, 0.2) is 34.5 Å². The van der Waals surface area contributed by atoms with Crippen LogP contribution < -0.4 is 63.1 Å². The molecular weight excluding hydrogens is 1550 g/mol. The van der Waals surface area contributed by atoms with Crippen molar-refractivity contribution in [3.05, 3.63) is 217 Å². The molecule has 7 fully saturated rings. The number of ether oxygens (including phenoxy) is 7. The summed E-state index contributed by atoms with van der Waals surface area (Å²) in [5.74, 6) is 10.0. The zero-order chi connectivity index (χ0) is 83.5. The predicted octanol–water partition coefficient (Wildman–Crippen LogP) is 12.3. The minimum absolute atomic E-state index is 0.00831. The van der Waals surface area contributed by atoms with Crippen LogP contribution in [0.25, 0.3) is 32.7 Å². The molecule has 0 saturated carbocycles. The monoisotopic (exact) mass is 1660 g/mol. The standard InChI is InChI=1S/2C32H39N7O2.C31H35N7O3/c1-40-29-20-27-28(21-30(29)41-18-8-13-37-11-6-3-7-12-37)35-24-36-31(27)38-14-16-39(17-15-38)32-33-22-26(23-34-32)19-25-9-4-2-5-10-25;1-3-40-30-19-28-27(18-29(30)41-22-25-9-11-37(2)12-10-25)31(36-23-35-28)38-13-15-39(16-14-38)32-33-20-26(21-34-32)17-24-7-5-4-6-8-24;1-39-28-13-27-26(12-29(28)41-19-25-16-32-9-10-40-25)30(36-20-35-27)37-17-23-7-8-24(18-37)38(23)31-33-14-22(15-34-31)11-21-5-3-2-4-6-21/h2,4-5,9-10,20-24H,3,6-8,11-19H2,1H3;4-8,18-21,23,25H,3,9-17,22H2,1-2H3;2-6,12-15,20,23-25,32H,7-11,16-19H2,1H3. The minimum Gasteiger partial charge on any atom is -0.493 e. The lowest BCUT2D eigenvalue weighted by Gasteiger charge is -2.41. The largest absolute Gasteiger partial charge is 0.493 e. The molecule has 1 N–H and O–H groups in total. The Balaban J connectivity index is 0.000000131. The molecule has 0 amide bonds. The van der Waals surface area contributed by atoms with E-state index in [0.29, 0.717) is 68.3 Å². The highest BCUT2D eigenvalue weighted by Crippen LogP contribution is 2.42. The van der Waals surface area contributed by atoms with E-state index in [1.165, 1.54) is 49.0 Å². The van der Waals surface area contributed by atoms with E-state index in [9.17, 15) is 0 Å². The van der Waals surface area contributed by atoms with Gasteiger partial charge in [-0.05, 0) is 143 Å². The van der Waals surface area contributed by atoms with E-state index in [1.807, 2.05) is 92.6 Å². The van der Waals surface area contributed by atoms with Crippen LogP contribution in [0.2, 0.25) is 0 Å². The Labute approximate surface area is 720 Å². The van der Waals surface area contributed by atoms with Gasteiger partial charge in [0.05, 0.1) is 57.2 Å². The third kappa shape index (κ3) is 21.0. The number of piperazine rings is 3. The summed E-state index contributed by atoms with van der Waals surface area (Å²) in [7, 11) is 5.53. The number of rotatable bonds is 27. The molecule has 7 saturated heterocycles. The highest BCUT2D eigenvalue weighted by molar-refractivity contribution is 5.94. The van der Waals surface area contributed by atoms with Crippen LogP contribution in [-0.2, 0) is 24.0 Å². The van der Waals surface area contributed by atoms with Gasteiger partial charge in [-0.1, -0.05) is 97.4 Å². The number of nitrogens with one attached hydrogen (secondary N) is 1. The summed E-state index contributed by atoms with van der Waals surface area (Å²) in [4.78, 5) is 75.0.